The van der Waals surface area contributed by atoms with E-state index in [-0.39, 0.29) is 36.0 Å². The van der Waals surface area contributed by atoms with Crippen LogP contribution in [0.25, 0.3) is 0 Å². The zero-order chi connectivity index (χ0) is 30.5. The number of piperidine rings is 1. The van der Waals surface area contributed by atoms with Gasteiger partial charge in [-0.3, -0.25) is 14.5 Å². The van der Waals surface area contributed by atoms with Crippen molar-refractivity contribution >= 4 is 17.6 Å². The largest absolute Gasteiger partial charge is 0.485 e. The summed E-state index contributed by atoms with van der Waals surface area (Å²) in [5, 5.41) is 16.9. The minimum Gasteiger partial charge on any atom is -0.485 e. The summed E-state index contributed by atoms with van der Waals surface area (Å²) in [6.07, 6.45) is 9.47. The van der Waals surface area contributed by atoms with Crippen LogP contribution in [-0.2, 0) is 24.4 Å². The van der Waals surface area contributed by atoms with Crippen LogP contribution in [0, 0.1) is 12.8 Å². The van der Waals surface area contributed by atoms with Gasteiger partial charge in [0.2, 0.25) is 5.91 Å². The summed E-state index contributed by atoms with van der Waals surface area (Å²) < 4.78 is 11.2. The second kappa shape index (κ2) is 13.7. The van der Waals surface area contributed by atoms with Crippen LogP contribution in [0.1, 0.15) is 65.0 Å². The Morgan fingerprint density at radius 1 is 1.16 bits per heavy atom. The number of anilines is 1. The number of rotatable bonds is 11. The normalized spacial score (nSPS) is 20.7. The van der Waals surface area contributed by atoms with Crippen LogP contribution in [0.5, 0.6) is 5.75 Å². The molecule has 1 saturated carbocycles. The maximum Gasteiger partial charge on any atom is 0.270 e. The average Bonchev–Trinajstić information content (AvgIpc) is 3.55. The zero-order valence-electron chi connectivity index (χ0n) is 25.2. The van der Waals surface area contributed by atoms with E-state index in [9.17, 15) is 14.7 Å². The van der Waals surface area contributed by atoms with Crippen molar-refractivity contribution in [1.29, 1.82) is 0 Å². The molecule has 234 valence electrons. The number of hydrogen-bond donors (Lipinski definition) is 3. The molecule has 1 atom stereocenters. The number of hydrogen-bond acceptors (Lipinski definition) is 10. The van der Waals surface area contributed by atoms with Crippen LogP contribution in [0.15, 0.2) is 41.5 Å². The predicted molar refractivity (Wildman–Crippen MR) is 162 cm³/mol. The monoisotopic (exact) mass is 603 g/mol. The minimum absolute atomic E-state index is 0.0661. The van der Waals surface area contributed by atoms with Gasteiger partial charge in [-0.1, -0.05) is 6.07 Å². The summed E-state index contributed by atoms with van der Waals surface area (Å²) in [4.78, 5) is 42.0. The first-order valence-electron chi connectivity index (χ1n) is 15.6. The van der Waals surface area contributed by atoms with E-state index < -0.39 is 6.10 Å². The van der Waals surface area contributed by atoms with E-state index in [1.807, 2.05) is 11.0 Å². The van der Waals surface area contributed by atoms with Crippen LogP contribution in [0.4, 0.5) is 5.82 Å². The lowest BCUT2D eigenvalue weighted by Crippen LogP contribution is -2.47. The highest BCUT2D eigenvalue weighted by molar-refractivity contribution is 5.92. The topological polar surface area (TPSA) is 146 Å². The number of oxazole rings is 1. The maximum atomic E-state index is 12.8. The van der Waals surface area contributed by atoms with Crippen LogP contribution < -0.4 is 15.4 Å². The van der Waals surface area contributed by atoms with Gasteiger partial charge >= 0.3 is 0 Å². The molecule has 4 heterocycles. The van der Waals surface area contributed by atoms with E-state index in [0.29, 0.717) is 24.7 Å². The molecule has 0 radical (unpaired) electrons. The van der Waals surface area contributed by atoms with Gasteiger partial charge in [0.15, 0.2) is 12.2 Å². The second-order valence-electron chi connectivity index (χ2n) is 12.1. The van der Waals surface area contributed by atoms with Crippen molar-refractivity contribution in [2.24, 2.45) is 5.92 Å². The number of likely N-dealkylation sites (tertiary alicyclic amines) is 1. The fraction of sp³-hybridized carbons (Fsp3) is 0.531. The van der Waals surface area contributed by atoms with Gasteiger partial charge in [0, 0.05) is 57.3 Å². The second-order valence-corrected chi connectivity index (χ2v) is 12.1. The van der Waals surface area contributed by atoms with E-state index in [4.69, 9.17) is 9.15 Å². The number of benzene rings is 1. The van der Waals surface area contributed by atoms with Crippen molar-refractivity contribution in [1.82, 2.24) is 30.1 Å². The van der Waals surface area contributed by atoms with E-state index in [2.05, 4.69) is 43.5 Å². The van der Waals surface area contributed by atoms with Crippen molar-refractivity contribution in [3.05, 3.63) is 65.3 Å². The smallest absolute Gasteiger partial charge is 0.270 e. The van der Waals surface area contributed by atoms with Gasteiger partial charge in [-0.05, 0) is 68.2 Å². The number of amides is 2. The standard InChI is InChI=1S/C32H41N7O5/c1-21-27-7-10-38(16-22(27)5-6-29(21)43-18-26-15-33-20-44-26)17-25(40)14-34-31(41)28-13-30(36-19-35-28)37-24-11-23(12-24)32(42)39-8-3-2-4-9-39/h5-6,13,15,19-20,23-25,40H,2-4,7-12,14,16-18H2,1H3,(H,34,41)(H,35,36,37)/t23-,24-,25-/m0/s1. The molecule has 2 amide bonds. The van der Waals surface area contributed by atoms with Crippen molar-refractivity contribution in [3.8, 4) is 5.75 Å². The lowest BCUT2D eigenvalue weighted by molar-refractivity contribution is -0.139. The van der Waals surface area contributed by atoms with Gasteiger partial charge in [0.05, 0.1) is 12.3 Å². The third-order valence-corrected chi connectivity index (χ3v) is 8.95. The summed E-state index contributed by atoms with van der Waals surface area (Å²) >= 11 is 0. The molecule has 3 aliphatic rings. The number of nitrogens with zero attached hydrogens (tertiary/aromatic N) is 5. The molecule has 2 aromatic heterocycles. The Balaban J connectivity index is 0.932. The number of β-amino-alcohol motifs (C(OH)–C–C–N with tert-alkyl or cyclic N) is 1. The van der Waals surface area contributed by atoms with Crippen LogP contribution >= 0.6 is 0 Å². The number of fused-ring (bicyclic) bond motifs is 1. The van der Waals surface area contributed by atoms with Crippen LogP contribution in [0.3, 0.4) is 0 Å². The van der Waals surface area contributed by atoms with E-state index >= 15 is 0 Å². The summed E-state index contributed by atoms with van der Waals surface area (Å²) in [5.74, 6) is 2.05. The molecule has 12 nitrogen and oxygen atoms in total. The summed E-state index contributed by atoms with van der Waals surface area (Å²) in [7, 11) is 0. The first kappa shape index (κ1) is 30.0. The zero-order valence-corrected chi connectivity index (χ0v) is 25.2. The molecule has 2 fully saturated rings. The van der Waals surface area contributed by atoms with Gasteiger partial charge < -0.3 is 29.8 Å². The third-order valence-electron chi connectivity index (χ3n) is 8.95. The van der Waals surface area contributed by atoms with Crippen LogP contribution in [0.2, 0.25) is 0 Å². The highest BCUT2D eigenvalue weighted by atomic mass is 16.5. The Morgan fingerprint density at radius 3 is 2.80 bits per heavy atom. The highest BCUT2D eigenvalue weighted by Crippen LogP contribution is 2.32. The van der Waals surface area contributed by atoms with E-state index in [1.54, 1.807) is 12.3 Å². The number of nitrogens with one attached hydrogen (secondary N) is 2. The van der Waals surface area contributed by atoms with Gasteiger partial charge in [0.1, 0.15) is 30.2 Å². The predicted octanol–water partition coefficient (Wildman–Crippen LogP) is 2.70. The number of ether oxygens (including phenoxy) is 1. The lowest BCUT2D eigenvalue weighted by atomic mass is 9.79. The van der Waals surface area contributed by atoms with E-state index in [1.165, 1.54) is 30.3 Å². The Kier molecular flexibility index (Phi) is 9.37. The number of aliphatic hydroxyl groups excluding tert-OH is 1. The first-order valence-corrected chi connectivity index (χ1v) is 15.6. The van der Waals surface area contributed by atoms with Gasteiger partial charge in [-0.15, -0.1) is 0 Å². The Labute approximate surface area is 257 Å². The Bertz CT molecular complexity index is 1440. The fourth-order valence-corrected chi connectivity index (χ4v) is 6.40. The molecule has 3 aromatic rings. The molecule has 1 aliphatic carbocycles. The number of aliphatic hydroxyl groups is 1. The molecule has 0 spiro atoms. The molecular formula is C32H41N7O5. The molecule has 2 aliphatic heterocycles. The molecule has 0 unspecified atom stereocenters. The number of aromatic nitrogens is 3. The SMILES string of the molecule is Cc1c(OCc2cnco2)ccc2c1CCN(C[C@@H](O)CNC(=O)c1cc(N[C@H]3C[C@H](C(=O)N4CCCCC4)C3)ncn1)C2. The Morgan fingerprint density at radius 2 is 2.00 bits per heavy atom. The molecule has 3 N–H and O–H groups in total. The Hall–Kier alpha value is -4.03. The van der Waals surface area contributed by atoms with Gasteiger partial charge in [-0.2, -0.15) is 0 Å². The average molecular weight is 604 g/mol. The molecule has 1 aromatic carbocycles. The molecule has 6 rings (SSSR count). The maximum absolute atomic E-state index is 12.8. The summed E-state index contributed by atoms with van der Waals surface area (Å²) in [5.41, 5.74) is 3.85. The van der Waals surface area contributed by atoms with Crippen molar-refractivity contribution in [3.63, 3.8) is 0 Å². The van der Waals surface area contributed by atoms with Crippen molar-refractivity contribution in [2.45, 2.75) is 70.7 Å². The van der Waals surface area contributed by atoms with Crippen molar-refractivity contribution in [2.75, 3.05) is 38.0 Å². The van der Waals surface area contributed by atoms with Crippen molar-refractivity contribution < 1.29 is 23.8 Å². The van der Waals surface area contributed by atoms with Crippen LogP contribution in [-0.4, -0.2) is 86.5 Å². The highest BCUT2D eigenvalue weighted by Gasteiger charge is 2.37. The molecule has 0 bridgehead atoms. The molecular weight excluding hydrogens is 562 g/mol. The number of carbonyl (C=O) groups excluding carboxylic acids is 2. The minimum atomic E-state index is -0.727. The first-order chi connectivity index (χ1) is 21.4. The quantitative estimate of drug-likeness (QED) is 0.299. The third kappa shape index (κ3) is 7.19. The van der Waals surface area contributed by atoms with Gasteiger partial charge in [-0.25, -0.2) is 15.0 Å². The molecule has 1 saturated heterocycles. The van der Waals surface area contributed by atoms with Gasteiger partial charge in [0.25, 0.3) is 5.91 Å². The molecule has 12 heteroatoms. The summed E-state index contributed by atoms with van der Waals surface area (Å²) in [6.45, 7) is 6.24. The fourth-order valence-electron chi connectivity index (χ4n) is 6.40. The summed E-state index contributed by atoms with van der Waals surface area (Å²) in [6, 6.07) is 5.83. The van der Waals surface area contributed by atoms with E-state index in [0.717, 1.165) is 69.6 Å². The molecule has 44 heavy (non-hydrogen) atoms. The number of carbonyl (C=O) groups is 2. The lowest BCUT2D eigenvalue weighted by Gasteiger charge is -2.39.